The van der Waals surface area contributed by atoms with Crippen LogP contribution in [0.5, 0.6) is 0 Å². The lowest BCUT2D eigenvalue weighted by atomic mass is 10.0. The third kappa shape index (κ3) is 3.82. The number of fused-ring (bicyclic) bond motifs is 1. The summed E-state index contributed by atoms with van der Waals surface area (Å²) in [7, 11) is 0. The van der Waals surface area contributed by atoms with Gasteiger partial charge in [-0.2, -0.15) is 5.10 Å². The van der Waals surface area contributed by atoms with Crippen molar-refractivity contribution in [1.29, 1.82) is 0 Å². The van der Waals surface area contributed by atoms with E-state index in [1.807, 2.05) is 37.6 Å². The van der Waals surface area contributed by atoms with Gasteiger partial charge >= 0.3 is 0 Å². The highest BCUT2D eigenvalue weighted by atomic mass is 32.1. The number of aromatic nitrogens is 4. The molecule has 0 spiro atoms. The number of aryl methyl sites for hydroxylation is 4. The third-order valence-electron chi connectivity index (χ3n) is 5.10. The van der Waals surface area contributed by atoms with Gasteiger partial charge in [-0.1, -0.05) is 12.1 Å². The Balaban J connectivity index is 1.62. The topological polar surface area (TPSA) is 72.2 Å². The van der Waals surface area contributed by atoms with E-state index in [0.29, 0.717) is 18.0 Å². The smallest absolute Gasteiger partial charge is 0.226 e. The number of hydrogen-bond donors (Lipinski definition) is 1. The number of benzene rings is 1. The summed E-state index contributed by atoms with van der Waals surface area (Å²) in [6, 6.07) is 6.36. The lowest BCUT2D eigenvalue weighted by molar-refractivity contribution is -0.116. The minimum absolute atomic E-state index is 0.0769. The molecule has 154 valence electrons. The number of carbonyl (C=O) groups excluding carboxylic acids is 1. The predicted molar refractivity (Wildman–Crippen MR) is 116 cm³/mol. The molecule has 4 aromatic rings. The van der Waals surface area contributed by atoms with Crippen LogP contribution in [-0.4, -0.2) is 25.5 Å². The molecule has 0 fully saturated rings. The lowest BCUT2D eigenvalue weighted by Crippen LogP contribution is -2.14. The molecule has 4 rings (SSSR count). The van der Waals surface area contributed by atoms with Gasteiger partial charge in [0.15, 0.2) is 10.8 Å². The fourth-order valence-corrected chi connectivity index (χ4v) is 4.32. The molecule has 0 bridgehead atoms. The summed E-state index contributed by atoms with van der Waals surface area (Å²) in [6.45, 7) is 7.75. The number of nitrogens with zero attached hydrogens (tertiary/aromatic N) is 4. The number of carbonyl (C=O) groups is 1. The molecule has 1 N–H and O–H groups in total. The maximum absolute atomic E-state index is 13.3. The van der Waals surface area contributed by atoms with Crippen molar-refractivity contribution in [3.05, 3.63) is 63.8 Å². The van der Waals surface area contributed by atoms with E-state index in [2.05, 4.69) is 15.4 Å². The van der Waals surface area contributed by atoms with Gasteiger partial charge in [-0.05, 0) is 57.4 Å². The Morgan fingerprint density at radius 1 is 1.10 bits per heavy atom. The van der Waals surface area contributed by atoms with E-state index in [1.54, 1.807) is 12.1 Å². The second kappa shape index (κ2) is 7.95. The van der Waals surface area contributed by atoms with Gasteiger partial charge in [0.25, 0.3) is 0 Å². The molecule has 8 heteroatoms. The molecule has 0 saturated heterocycles. The van der Waals surface area contributed by atoms with Crippen molar-refractivity contribution in [2.24, 2.45) is 0 Å². The molecular formula is C22H22FN5OS. The van der Waals surface area contributed by atoms with Gasteiger partial charge in [0.1, 0.15) is 5.82 Å². The van der Waals surface area contributed by atoms with Crippen LogP contribution >= 0.6 is 11.3 Å². The van der Waals surface area contributed by atoms with E-state index in [9.17, 15) is 9.18 Å². The van der Waals surface area contributed by atoms with Gasteiger partial charge in [-0.25, -0.2) is 18.9 Å². The Hall–Kier alpha value is -3.13. The molecule has 0 atom stereocenters. The fourth-order valence-electron chi connectivity index (χ4n) is 3.62. The van der Waals surface area contributed by atoms with Crippen molar-refractivity contribution in [3.63, 3.8) is 0 Å². The van der Waals surface area contributed by atoms with Crippen LogP contribution in [0.4, 0.5) is 9.52 Å². The van der Waals surface area contributed by atoms with Crippen LogP contribution < -0.4 is 5.32 Å². The van der Waals surface area contributed by atoms with Gasteiger partial charge in [0.05, 0.1) is 11.4 Å². The van der Waals surface area contributed by atoms with Crippen LogP contribution in [0, 0.1) is 33.5 Å². The van der Waals surface area contributed by atoms with Gasteiger partial charge in [0, 0.05) is 28.8 Å². The van der Waals surface area contributed by atoms with Crippen LogP contribution in [0.15, 0.2) is 29.6 Å². The molecule has 1 aromatic carbocycles. The van der Waals surface area contributed by atoms with Gasteiger partial charge in [-0.3, -0.25) is 4.79 Å². The molecule has 0 saturated carbocycles. The summed E-state index contributed by atoms with van der Waals surface area (Å²) in [5, 5.41) is 10.0. The zero-order valence-corrected chi connectivity index (χ0v) is 18.1. The van der Waals surface area contributed by atoms with Crippen molar-refractivity contribution in [2.45, 2.75) is 40.5 Å². The molecule has 6 nitrogen and oxygen atoms in total. The van der Waals surface area contributed by atoms with Crippen LogP contribution in [0.25, 0.3) is 16.8 Å². The standard InChI is InChI=1S/C22H22FN5OS/c1-12-11-30-22(24-12)26-19(29)10-9-18-13(2)25-21-20(14(3)27-28(21)15(18)4)16-5-7-17(23)8-6-16/h5-8,11H,9-10H2,1-4H3,(H,24,26,29). The number of hydrogen-bond acceptors (Lipinski definition) is 5. The van der Waals surface area contributed by atoms with E-state index in [-0.39, 0.29) is 11.7 Å². The monoisotopic (exact) mass is 423 g/mol. The third-order valence-corrected chi connectivity index (χ3v) is 5.98. The molecule has 3 aromatic heterocycles. The van der Waals surface area contributed by atoms with E-state index >= 15 is 0 Å². The fraction of sp³-hybridized carbons (Fsp3) is 0.273. The van der Waals surface area contributed by atoms with E-state index < -0.39 is 0 Å². The molecule has 3 heterocycles. The van der Waals surface area contributed by atoms with Crippen molar-refractivity contribution in [3.8, 4) is 11.1 Å². The van der Waals surface area contributed by atoms with Crippen molar-refractivity contribution in [1.82, 2.24) is 19.6 Å². The Kier molecular flexibility index (Phi) is 5.34. The van der Waals surface area contributed by atoms with Gasteiger partial charge < -0.3 is 5.32 Å². The van der Waals surface area contributed by atoms with Gasteiger partial charge in [-0.15, -0.1) is 11.3 Å². The van der Waals surface area contributed by atoms with Crippen LogP contribution in [0.1, 0.15) is 34.8 Å². The summed E-state index contributed by atoms with van der Waals surface area (Å²) >= 11 is 1.42. The van der Waals surface area contributed by atoms with Crippen LogP contribution in [0.3, 0.4) is 0 Å². The second-order valence-electron chi connectivity index (χ2n) is 7.31. The maximum atomic E-state index is 13.3. The first kappa shape index (κ1) is 20.2. The zero-order chi connectivity index (χ0) is 21.4. The maximum Gasteiger partial charge on any atom is 0.226 e. The van der Waals surface area contributed by atoms with Crippen molar-refractivity contribution >= 4 is 28.0 Å². The van der Waals surface area contributed by atoms with Crippen molar-refractivity contribution < 1.29 is 9.18 Å². The Bertz CT molecular complexity index is 1240. The average Bonchev–Trinajstić information content (AvgIpc) is 3.25. The molecule has 0 aliphatic carbocycles. The summed E-state index contributed by atoms with van der Waals surface area (Å²) < 4.78 is 15.2. The highest BCUT2D eigenvalue weighted by Gasteiger charge is 2.18. The number of anilines is 1. The van der Waals surface area contributed by atoms with E-state index in [4.69, 9.17) is 4.98 Å². The minimum atomic E-state index is -0.276. The molecule has 1 amide bonds. The quantitative estimate of drug-likeness (QED) is 0.501. The predicted octanol–water partition coefficient (Wildman–Crippen LogP) is 4.80. The summed E-state index contributed by atoms with van der Waals surface area (Å²) in [6.07, 6.45) is 0.889. The van der Waals surface area contributed by atoms with E-state index in [1.165, 1.54) is 23.5 Å². The summed E-state index contributed by atoms with van der Waals surface area (Å²) in [5.74, 6) is -0.353. The number of nitrogens with one attached hydrogen (secondary N) is 1. The Morgan fingerprint density at radius 3 is 2.50 bits per heavy atom. The number of amides is 1. The van der Waals surface area contributed by atoms with Crippen molar-refractivity contribution in [2.75, 3.05) is 5.32 Å². The first-order chi connectivity index (χ1) is 14.3. The van der Waals surface area contributed by atoms with Crippen LogP contribution in [-0.2, 0) is 11.2 Å². The molecule has 0 aliphatic heterocycles. The molecule has 30 heavy (non-hydrogen) atoms. The largest absolute Gasteiger partial charge is 0.302 e. The number of rotatable bonds is 5. The average molecular weight is 424 g/mol. The summed E-state index contributed by atoms with van der Waals surface area (Å²) in [4.78, 5) is 21.4. The van der Waals surface area contributed by atoms with Crippen LogP contribution in [0.2, 0.25) is 0 Å². The molecule has 0 radical (unpaired) electrons. The molecule has 0 unspecified atom stereocenters. The lowest BCUT2D eigenvalue weighted by Gasteiger charge is -2.11. The number of thiazole rings is 1. The van der Waals surface area contributed by atoms with E-state index in [0.717, 1.165) is 45.1 Å². The SMILES string of the molecule is Cc1csc(NC(=O)CCc2c(C)nc3c(-c4ccc(F)cc4)c(C)nn3c2C)n1. The first-order valence-corrected chi connectivity index (χ1v) is 10.5. The zero-order valence-electron chi connectivity index (χ0n) is 17.3. The Morgan fingerprint density at radius 2 is 1.83 bits per heavy atom. The first-order valence-electron chi connectivity index (χ1n) is 9.67. The highest BCUT2D eigenvalue weighted by molar-refractivity contribution is 7.13. The summed E-state index contributed by atoms with van der Waals surface area (Å²) in [5.41, 5.74) is 7.04. The second-order valence-corrected chi connectivity index (χ2v) is 8.16. The molecular weight excluding hydrogens is 401 g/mol. The normalized spacial score (nSPS) is 11.2. The molecule has 0 aliphatic rings. The number of halogens is 1. The Labute approximate surface area is 177 Å². The highest BCUT2D eigenvalue weighted by Crippen LogP contribution is 2.29. The minimum Gasteiger partial charge on any atom is -0.302 e. The van der Waals surface area contributed by atoms with Gasteiger partial charge in [0.2, 0.25) is 5.91 Å².